The Hall–Kier alpha value is -1.71. The number of ketones is 1. The minimum Gasteiger partial charge on any atom is -0.398 e. The second-order valence-electron chi connectivity index (χ2n) is 3.22. The monoisotopic (exact) mass is 211 g/mol. The van der Waals surface area contributed by atoms with Gasteiger partial charge in [-0.1, -0.05) is 0 Å². The molecule has 4 heteroatoms. The Morgan fingerprint density at radius 2 is 1.87 bits per heavy atom. The molecular weight excluding hydrogens is 200 g/mol. The van der Waals surface area contributed by atoms with E-state index in [-0.39, 0.29) is 22.6 Å². The molecule has 0 aliphatic heterocycles. The van der Waals surface area contributed by atoms with Gasteiger partial charge < -0.3 is 5.73 Å². The molecule has 0 unspecified atom stereocenters. The first-order chi connectivity index (χ1) is 6.93. The SMILES string of the molecule is CC(=O)/C(C)=C(\N)c1ccc(F)cc1F. The predicted octanol–water partition coefficient (Wildman–Crippen LogP) is 2.24. The molecule has 0 fully saturated rings. The lowest BCUT2D eigenvalue weighted by Gasteiger charge is -2.06. The molecule has 0 aliphatic carbocycles. The highest BCUT2D eigenvalue weighted by molar-refractivity contribution is 5.99. The van der Waals surface area contributed by atoms with Gasteiger partial charge in [-0.2, -0.15) is 0 Å². The average Bonchev–Trinajstić information content (AvgIpc) is 2.15. The van der Waals surface area contributed by atoms with Crippen LogP contribution >= 0.6 is 0 Å². The highest BCUT2D eigenvalue weighted by Crippen LogP contribution is 2.18. The number of hydrogen-bond acceptors (Lipinski definition) is 2. The van der Waals surface area contributed by atoms with E-state index >= 15 is 0 Å². The lowest BCUT2D eigenvalue weighted by Crippen LogP contribution is -2.07. The molecule has 1 aromatic carbocycles. The van der Waals surface area contributed by atoms with Gasteiger partial charge in [-0.3, -0.25) is 4.79 Å². The third-order valence-electron chi connectivity index (χ3n) is 2.15. The van der Waals surface area contributed by atoms with E-state index < -0.39 is 11.6 Å². The van der Waals surface area contributed by atoms with Crippen molar-refractivity contribution in [2.45, 2.75) is 13.8 Å². The maximum Gasteiger partial charge on any atom is 0.157 e. The van der Waals surface area contributed by atoms with E-state index in [2.05, 4.69) is 0 Å². The molecule has 0 saturated heterocycles. The van der Waals surface area contributed by atoms with E-state index in [9.17, 15) is 13.6 Å². The fourth-order valence-corrected chi connectivity index (χ4v) is 1.10. The number of allylic oxidation sites excluding steroid dienone is 1. The van der Waals surface area contributed by atoms with Crippen LogP contribution in [-0.4, -0.2) is 5.78 Å². The molecule has 1 rings (SSSR count). The maximum atomic E-state index is 13.3. The summed E-state index contributed by atoms with van der Waals surface area (Å²) in [6.45, 7) is 2.84. The molecule has 0 amide bonds. The van der Waals surface area contributed by atoms with E-state index in [1.54, 1.807) is 0 Å². The molecule has 0 atom stereocenters. The highest BCUT2D eigenvalue weighted by atomic mass is 19.1. The summed E-state index contributed by atoms with van der Waals surface area (Å²) < 4.78 is 25.9. The number of benzene rings is 1. The molecule has 2 nitrogen and oxygen atoms in total. The number of hydrogen-bond donors (Lipinski definition) is 1. The molecule has 0 heterocycles. The minimum atomic E-state index is -0.770. The summed E-state index contributed by atoms with van der Waals surface area (Å²) >= 11 is 0. The maximum absolute atomic E-state index is 13.3. The number of rotatable bonds is 2. The predicted molar refractivity (Wildman–Crippen MR) is 53.8 cm³/mol. The third-order valence-corrected chi connectivity index (χ3v) is 2.15. The van der Waals surface area contributed by atoms with E-state index in [1.165, 1.54) is 19.9 Å². The Balaban J connectivity index is 3.29. The van der Waals surface area contributed by atoms with Crippen molar-refractivity contribution < 1.29 is 13.6 Å². The third kappa shape index (κ3) is 2.40. The van der Waals surface area contributed by atoms with Gasteiger partial charge in [0.2, 0.25) is 0 Å². The van der Waals surface area contributed by atoms with Crippen LogP contribution in [0.4, 0.5) is 8.78 Å². The van der Waals surface area contributed by atoms with Crippen molar-refractivity contribution in [3.05, 3.63) is 41.0 Å². The summed E-state index contributed by atoms with van der Waals surface area (Å²) in [6.07, 6.45) is 0. The lowest BCUT2D eigenvalue weighted by atomic mass is 10.1. The average molecular weight is 211 g/mol. The van der Waals surface area contributed by atoms with Crippen molar-refractivity contribution in [3.8, 4) is 0 Å². The number of carbonyl (C=O) groups is 1. The van der Waals surface area contributed by atoms with Gasteiger partial charge >= 0.3 is 0 Å². The fraction of sp³-hybridized carbons (Fsp3) is 0.182. The van der Waals surface area contributed by atoms with E-state index in [4.69, 9.17) is 5.73 Å². The summed E-state index contributed by atoms with van der Waals surface area (Å²) in [6, 6.07) is 3.04. The zero-order chi connectivity index (χ0) is 11.6. The molecule has 0 aliphatic rings. The zero-order valence-electron chi connectivity index (χ0n) is 8.47. The van der Waals surface area contributed by atoms with Gasteiger partial charge in [-0.15, -0.1) is 0 Å². The first kappa shape index (κ1) is 11.4. The minimum absolute atomic E-state index is 0.0417. The standard InChI is InChI=1S/C11H11F2NO/c1-6(7(2)15)11(14)9-4-3-8(12)5-10(9)13/h3-5H,14H2,1-2H3/b11-6-. The van der Waals surface area contributed by atoms with Crippen molar-refractivity contribution in [2.75, 3.05) is 0 Å². The van der Waals surface area contributed by atoms with Crippen LogP contribution in [0.3, 0.4) is 0 Å². The van der Waals surface area contributed by atoms with Gasteiger partial charge in [0.15, 0.2) is 5.78 Å². The number of halogens is 2. The van der Waals surface area contributed by atoms with Gasteiger partial charge in [0, 0.05) is 22.9 Å². The second-order valence-corrected chi connectivity index (χ2v) is 3.22. The molecule has 0 aromatic heterocycles. The first-order valence-corrected chi connectivity index (χ1v) is 4.36. The molecule has 0 saturated carbocycles. The second kappa shape index (κ2) is 4.21. The number of carbonyl (C=O) groups excluding carboxylic acids is 1. The van der Waals surface area contributed by atoms with E-state index in [0.29, 0.717) is 0 Å². The Kier molecular flexibility index (Phi) is 3.19. The lowest BCUT2D eigenvalue weighted by molar-refractivity contribution is -0.113. The Bertz CT molecular complexity index is 438. The number of Topliss-reactive ketones (excluding diaryl/α,β-unsaturated/α-hetero) is 1. The van der Waals surface area contributed by atoms with E-state index in [0.717, 1.165) is 12.1 Å². The first-order valence-electron chi connectivity index (χ1n) is 4.36. The van der Waals surface area contributed by atoms with Gasteiger partial charge in [0.05, 0.1) is 0 Å². The topological polar surface area (TPSA) is 43.1 Å². The van der Waals surface area contributed by atoms with Crippen molar-refractivity contribution in [1.29, 1.82) is 0 Å². The Morgan fingerprint density at radius 3 is 2.33 bits per heavy atom. The van der Waals surface area contributed by atoms with Gasteiger partial charge in [0.1, 0.15) is 11.6 Å². The highest BCUT2D eigenvalue weighted by Gasteiger charge is 2.10. The summed E-state index contributed by atoms with van der Waals surface area (Å²) in [5.41, 5.74) is 5.94. The zero-order valence-corrected chi connectivity index (χ0v) is 8.47. The summed E-state index contributed by atoms with van der Waals surface area (Å²) in [5, 5.41) is 0. The van der Waals surface area contributed by atoms with Crippen LogP contribution in [0.25, 0.3) is 5.70 Å². The largest absolute Gasteiger partial charge is 0.398 e. The number of nitrogens with two attached hydrogens (primary N) is 1. The smallest absolute Gasteiger partial charge is 0.157 e. The van der Waals surface area contributed by atoms with Crippen molar-refractivity contribution in [2.24, 2.45) is 5.73 Å². The molecular formula is C11H11F2NO. The quantitative estimate of drug-likeness (QED) is 0.762. The van der Waals surface area contributed by atoms with Crippen LogP contribution in [0.5, 0.6) is 0 Å². The molecule has 0 spiro atoms. The van der Waals surface area contributed by atoms with Crippen molar-refractivity contribution >= 4 is 11.5 Å². The van der Waals surface area contributed by atoms with Crippen LogP contribution in [0.2, 0.25) is 0 Å². The molecule has 0 bridgehead atoms. The molecule has 0 radical (unpaired) electrons. The van der Waals surface area contributed by atoms with Crippen molar-refractivity contribution in [3.63, 3.8) is 0 Å². The van der Waals surface area contributed by atoms with Crippen molar-refractivity contribution in [1.82, 2.24) is 0 Å². The van der Waals surface area contributed by atoms with Gasteiger partial charge in [-0.25, -0.2) is 8.78 Å². The van der Waals surface area contributed by atoms with E-state index in [1.807, 2.05) is 0 Å². The van der Waals surface area contributed by atoms with Crippen LogP contribution in [-0.2, 0) is 4.79 Å². The molecule has 80 valence electrons. The molecule has 15 heavy (non-hydrogen) atoms. The van der Waals surface area contributed by atoms with Gasteiger partial charge in [-0.05, 0) is 26.0 Å². The molecule has 2 N–H and O–H groups in total. The summed E-state index contributed by atoms with van der Waals surface area (Å²) in [7, 11) is 0. The molecule has 1 aromatic rings. The fourth-order valence-electron chi connectivity index (χ4n) is 1.10. The Labute approximate surface area is 86.4 Å². The summed E-state index contributed by atoms with van der Waals surface area (Å²) in [5.74, 6) is -1.69. The van der Waals surface area contributed by atoms with Crippen LogP contribution < -0.4 is 5.73 Å². The van der Waals surface area contributed by atoms with Crippen LogP contribution in [0, 0.1) is 11.6 Å². The summed E-state index contributed by atoms with van der Waals surface area (Å²) in [4.78, 5) is 11.0. The van der Waals surface area contributed by atoms with Crippen LogP contribution in [0.1, 0.15) is 19.4 Å². The van der Waals surface area contributed by atoms with Crippen LogP contribution in [0.15, 0.2) is 23.8 Å². The normalized spacial score (nSPS) is 12.3. The Morgan fingerprint density at radius 1 is 1.27 bits per heavy atom. The van der Waals surface area contributed by atoms with Gasteiger partial charge in [0.25, 0.3) is 0 Å².